The van der Waals surface area contributed by atoms with E-state index in [-0.39, 0.29) is 5.91 Å². The number of benzene rings is 2. The smallest absolute Gasteiger partial charge is 0.226 e. The summed E-state index contributed by atoms with van der Waals surface area (Å²) in [6.45, 7) is 6.64. The van der Waals surface area contributed by atoms with Crippen molar-refractivity contribution in [1.82, 2.24) is 10.2 Å². The molecule has 0 aromatic heterocycles. The minimum atomic E-state index is 0.0615. The average molecular weight is 553 g/mol. The Kier molecular flexibility index (Phi) is 13.0. The Bertz CT molecular complexity index is 961. The fraction of sp³-hybridized carbons (Fsp3) is 0.536. The van der Waals surface area contributed by atoms with Gasteiger partial charge >= 0.3 is 0 Å². The number of halogens is 2. The Balaban J connectivity index is 1.31. The third-order valence-electron chi connectivity index (χ3n) is 6.47. The van der Waals surface area contributed by atoms with Crippen LogP contribution in [0.25, 0.3) is 0 Å². The molecule has 0 radical (unpaired) electrons. The number of nitrogens with zero attached hydrogens (tertiary/aromatic N) is 2. The number of likely N-dealkylation sites (N-methyl/N-ethyl adjacent to an activating group) is 1. The summed E-state index contributed by atoms with van der Waals surface area (Å²) in [6.07, 6.45) is 2.24. The first kappa shape index (κ1) is 29.7. The second kappa shape index (κ2) is 16.2. The van der Waals surface area contributed by atoms with E-state index in [0.717, 1.165) is 38.0 Å². The van der Waals surface area contributed by atoms with Crippen molar-refractivity contribution >= 4 is 34.8 Å². The van der Waals surface area contributed by atoms with E-state index in [1.54, 1.807) is 24.1 Å². The number of methoxy groups -OCH3 is 1. The van der Waals surface area contributed by atoms with Crippen molar-refractivity contribution in [2.45, 2.75) is 25.3 Å². The molecule has 9 heteroatoms. The summed E-state index contributed by atoms with van der Waals surface area (Å²) in [6, 6.07) is 14.5. The molecule has 1 heterocycles. The summed E-state index contributed by atoms with van der Waals surface area (Å²) >= 11 is 12.0. The van der Waals surface area contributed by atoms with Gasteiger partial charge in [0.1, 0.15) is 0 Å². The van der Waals surface area contributed by atoms with E-state index in [0.29, 0.717) is 62.1 Å². The van der Waals surface area contributed by atoms with Gasteiger partial charge in [-0.3, -0.25) is 4.79 Å². The van der Waals surface area contributed by atoms with Crippen molar-refractivity contribution in [3.05, 3.63) is 63.6 Å². The van der Waals surface area contributed by atoms with Crippen LogP contribution in [0.3, 0.4) is 0 Å². The molecular formula is C28H39Cl2N3O4. The van der Waals surface area contributed by atoms with E-state index in [4.69, 9.17) is 37.4 Å². The first-order valence-electron chi connectivity index (χ1n) is 12.9. The van der Waals surface area contributed by atoms with Gasteiger partial charge in [-0.1, -0.05) is 41.4 Å². The first-order chi connectivity index (χ1) is 18.0. The maximum atomic E-state index is 12.6. The lowest BCUT2D eigenvalue weighted by molar-refractivity contribution is -0.129. The predicted octanol–water partition coefficient (Wildman–Crippen LogP) is 4.08. The molecule has 2 aromatic carbocycles. The Morgan fingerprint density at radius 1 is 1.00 bits per heavy atom. The fourth-order valence-corrected chi connectivity index (χ4v) is 4.54. The predicted molar refractivity (Wildman–Crippen MR) is 150 cm³/mol. The van der Waals surface area contributed by atoms with Crippen molar-refractivity contribution in [2.75, 3.05) is 78.3 Å². The zero-order valence-electron chi connectivity index (χ0n) is 21.9. The molecule has 0 saturated carbocycles. The molecule has 0 spiro atoms. The quantitative estimate of drug-likeness (QED) is 0.317. The van der Waals surface area contributed by atoms with Crippen LogP contribution < -0.4 is 10.2 Å². The van der Waals surface area contributed by atoms with E-state index >= 15 is 0 Å². The second-order valence-corrected chi connectivity index (χ2v) is 10.1. The van der Waals surface area contributed by atoms with Crippen molar-refractivity contribution in [3.8, 4) is 0 Å². The summed E-state index contributed by atoms with van der Waals surface area (Å²) < 4.78 is 15.9. The molecule has 37 heavy (non-hydrogen) atoms. The number of hydrogen-bond acceptors (Lipinski definition) is 6. The molecule has 1 aliphatic rings. The summed E-state index contributed by atoms with van der Waals surface area (Å²) in [5.74, 6) is 0.0615. The first-order valence-corrected chi connectivity index (χ1v) is 13.6. The largest absolute Gasteiger partial charge is 0.382 e. The van der Waals surface area contributed by atoms with Crippen LogP contribution in [0.2, 0.25) is 10.0 Å². The average Bonchev–Trinajstić information content (AvgIpc) is 3.37. The molecule has 1 aliphatic heterocycles. The summed E-state index contributed by atoms with van der Waals surface area (Å²) in [5, 5.41) is 4.56. The van der Waals surface area contributed by atoms with E-state index in [1.165, 1.54) is 11.3 Å². The Morgan fingerprint density at radius 3 is 2.43 bits per heavy atom. The van der Waals surface area contributed by atoms with Crippen LogP contribution in [0.1, 0.15) is 17.5 Å². The van der Waals surface area contributed by atoms with Crippen LogP contribution in [0, 0.1) is 0 Å². The van der Waals surface area contributed by atoms with E-state index in [2.05, 4.69) is 34.5 Å². The lowest BCUT2D eigenvalue weighted by atomic mass is 10.1. The zero-order chi connectivity index (χ0) is 26.5. The topological polar surface area (TPSA) is 63.3 Å². The van der Waals surface area contributed by atoms with Gasteiger partial charge in [0.15, 0.2) is 0 Å². The van der Waals surface area contributed by atoms with Gasteiger partial charge in [0, 0.05) is 52.1 Å². The Labute approximate surface area is 230 Å². The number of rotatable bonds is 16. The molecule has 1 saturated heterocycles. The third-order valence-corrected chi connectivity index (χ3v) is 7.21. The molecule has 204 valence electrons. The van der Waals surface area contributed by atoms with Crippen molar-refractivity contribution in [2.24, 2.45) is 0 Å². The summed E-state index contributed by atoms with van der Waals surface area (Å²) in [5.41, 5.74) is 3.32. The highest BCUT2D eigenvalue weighted by atomic mass is 35.5. The molecule has 1 amide bonds. The van der Waals surface area contributed by atoms with Gasteiger partial charge in [-0.2, -0.15) is 0 Å². The van der Waals surface area contributed by atoms with Crippen LogP contribution in [0.15, 0.2) is 42.5 Å². The van der Waals surface area contributed by atoms with E-state index in [9.17, 15) is 4.79 Å². The molecule has 2 aromatic rings. The molecular weight excluding hydrogens is 513 g/mol. The highest BCUT2D eigenvalue weighted by Gasteiger charge is 2.22. The number of ether oxygens (including phenoxy) is 3. The molecule has 0 unspecified atom stereocenters. The van der Waals surface area contributed by atoms with Gasteiger partial charge in [-0.05, 0) is 48.2 Å². The van der Waals surface area contributed by atoms with Gasteiger partial charge in [0.25, 0.3) is 0 Å². The number of anilines is 1. The normalized spacial score (nSPS) is 15.4. The van der Waals surface area contributed by atoms with Gasteiger partial charge in [0.05, 0.1) is 49.5 Å². The number of carbonyl (C=O) groups excluding carboxylic acids is 1. The van der Waals surface area contributed by atoms with Gasteiger partial charge < -0.3 is 29.3 Å². The van der Waals surface area contributed by atoms with Crippen LogP contribution in [0.4, 0.5) is 5.69 Å². The second-order valence-electron chi connectivity index (χ2n) is 9.26. The van der Waals surface area contributed by atoms with Gasteiger partial charge in [0.2, 0.25) is 5.91 Å². The molecule has 1 fully saturated rings. The minimum Gasteiger partial charge on any atom is -0.382 e. The molecule has 7 nitrogen and oxygen atoms in total. The monoisotopic (exact) mass is 551 g/mol. The fourth-order valence-electron chi connectivity index (χ4n) is 4.21. The standard InChI is InChI=1S/C28H39Cl2N3O4/c1-32(28(34)20-23-5-8-26(29)27(30)19-23)12-9-22-3-6-25(7-4-22)33-13-10-24(21-33)31-11-14-36-17-18-37-16-15-35-2/h3-8,19,24,31H,9-18,20-21H2,1-2H3/t24-/m0/s1. The molecule has 3 rings (SSSR count). The van der Waals surface area contributed by atoms with E-state index < -0.39 is 0 Å². The van der Waals surface area contributed by atoms with E-state index in [1.807, 2.05) is 13.1 Å². The van der Waals surface area contributed by atoms with Gasteiger partial charge in [-0.25, -0.2) is 0 Å². The zero-order valence-corrected chi connectivity index (χ0v) is 23.4. The molecule has 0 aliphatic carbocycles. The van der Waals surface area contributed by atoms with Crippen LogP contribution in [0.5, 0.6) is 0 Å². The minimum absolute atomic E-state index is 0.0615. The Hall–Kier alpha value is -1.87. The highest BCUT2D eigenvalue weighted by molar-refractivity contribution is 6.42. The molecule has 1 atom stereocenters. The van der Waals surface area contributed by atoms with Crippen LogP contribution in [-0.4, -0.2) is 90.2 Å². The van der Waals surface area contributed by atoms with Crippen molar-refractivity contribution < 1.29 is 19.0 Å². The van der Waals surface area contributed by atoms with Crippen LogP contribution >= 0.6 is 23.2 Å². The molecule has 1 N–H and O–H groups in total. The lowest BCUT2D eigenvalue weighted by Gasteiger charge is -2.20. The SMILES string of the molecule is COCCOCCOCCN[C@H]1CCN(c2ccc(CCN(C)C(=O)Cc3ccc(Cl)c(Cl)c3)cc2)C1. The maximum Gasteiger partial charge on any atom is 0.226 e. The number of nitrogens with one attached hydrogen (secondary N) is 1. The van der Waals surface area contributed by atoms with Gasteiger partial charge in [-0.15, -0.1) is 0 Å². The lowest BCUT2D eigenvalue weighted by Crippen LogP contribution is -2.34. The maximum absolute atomic E-state index is 12.6. The number of carbonyl (C=O) groups is 1. The summed E-state index contributed by atoms with van der Waals surface area (Å²) in [4.78, 5) is 16.8. The Morgan fingerprint density at radius 2 is 1.70 bits per heavy atom. The van der Waals surface area contributed by atoms with Crippen molar-refractivity contribution in [3.63, 3.8) is 0 Å². The highest BCUT2D eigenvalue weighted by Crippen LogP contribution is 2.23. The number of amides is 1. The number of hydrogen-bond donors (Lipinski definition) is 1. The van der Waals surface area contributed by atoms with Crippen molar-refractivity contribution in [1.29, 1.82) is 0 Å². The summed E-state index contributed by atoms with van der Waals surface area (Å²) in [7, 11) is 3.51. The molecule has 0 bridgehead atoms. The van der Waals surface area contributed by atoms with Crippen LogP contribution in [-0.2, 0) is 31.8 Å². The third kappa shape index (κ3) is 10.4.